The highest BCUT2D eigenvalue weighted by atomic mass is 15.1. The van der Waals surface area contributed by atoms with Gasteiger partial charge in [0.1, 0.15) is 5.82 Å². The predicted molar refractivity (Wildman–Crippen MR) is 81.5 cm³/mol. The fraction of sp³-hybridized carbons (Fsp3) is 0.471. The molecular formula is C17H23N3. The van der Waals surface area contributed by atoms with Crippen LogP contribution in [0.2, 0.25) is 0 Å². The van der Waals surface area contributed by atoms with Gasteiger partial charge in [-0.1, -0.05) is 38.1 Å². The molecule has 3 rings (SSSR count). The maximum Gasteiger partial charge on any atom is 0.122 e. The fourth-order valence-corrected chi connectivity index (χ4v) is 3.21. The van der Waals surface area contributed by atoms with Crippen molar-refractivity contribution in [3.05, 3.63) is 53.6 Å². The minimum absolute atomic E-state index is 0.290. The van der Waals surface area contributed by atoms with Crippen molar-refractivity contribution in [3.63, 3.8) is 0 Å². The highest BCUT2D eigenvalue weighted by molar-refractivity contribution is 5.38. The quantitative estimate of drug-likeness (QED) is 0.926. The lowest BCUT2D eigenvalue weighted by Gasteiger charge is -2.37. The number of aryl methyl sites for hydroxylation is 1. The molecule has 3 heteroatoms. The van der Waals surface area contributed by atoms with Crippen molar-refractivity contribution >= 4 is 0 Å². The molecule has 1 aliphatic carbocycles. The molecule has 1 atom stereocenters. The van der Waals surface area contributed by atoms with Crippen LogP contribution < -0.4 is 5.32 Å². The van der Waals surface area contributed by atoms with E-state index in [0.29, 0.717) is 6.04 Å². The summed E-state index contributed by atoms with van der Waals surface area (Å²) in [6.45, 7) is 5.52. The summed E-state index contributed by atoms with van der Waals surface area (Å²) in [4.78, 5) is 4.39. The molecular weight excluding hydrogens is 246 g/mol. The second-order valence-electron chi connectivity index (χ2n) is 6.40. The second-order valence-corrected chi connectivity index (χ2v) is 6.40. The van der Waals surface area contributed by atoms with Crippen LogP contribution in [0.15, 0.2) is 36.7 Å². The van der Waals surface area contributed by atoms with Crippen LogP contribution in [-0.2, 0) is 19.0 Å². The van der Waals surface area contributed by atoms with Gasteiger partial charge in [-0.25, -0.2) is 4.98 Å². The Hall–Kier alpha value is -1.61. The Labute approximate surface area is 121 Å². The van der Waals surface area contributed by atoms with E-state index in [1.807, 2.05) is 19.4 Å². The van der Waals surface area contributed by atoms with E-state index in [2.05, 4.69) is 53.0 Å². The van der Waals surface area contributed by atoms with Gasteiger partial charge >= 0.3 is 0 Å². The molecule has 0 aliphatic heterocycles. The molecule has 1 N–H and O–H groups in total. The molecule has 0 bridgehead atoms. The number of nitrogens with one attached hydrogen (secondary N) is 1. The zero-order chi connectivity index (χ0) is 14.2. The van der Waals surface area contributed by atoms with Crippen molar-refractivity contribution in [3.8, 4) is 0 Å². The molecule has 3 nitrogen and oxygen atoms in total. The van der Waals surface area contributed by atoms with Gasteiger partial charge in [0, 0.05) is 25.5 Å². The summed E-state index contributed by atoms with van der Waals surface area (Å²) in [6.07, 6.45) is 6.26. The van der Waals surface area contributed by atoms with Crippen LogP contribution in [0.1, 0.15) is 49.7 Å². The van der Waals surface area contributed by atoms with E-state index in [-0.39, 0.29) is 5.41 Å². The summed E-state index contributed by atoms with van der Waals surface area (Å²) in [6, 6.07) is 9.30. The minimum atomic E-state index is 0.290. The van der Waals surface area contributed by atoms with Crippen molar-refractivity contribution in [2.45, 2.75) is 44.7 Å². The molecule has 0 saturated heterocycles. The van der Waals surface area contributed by atoms with Crippen molar-refractivity contribution in [2.75, 3.05) is 0 Å². The van der Waals surface area contributed by atoms with E-state index in [4.69, 9.17) is 0 Å². The molecule has 0 radical (unpaired) electrons. The van der Waals surface area contributed by atoms with E-state index < -0.39 is 0 Å². The molecule has 106 valence electrons. The van der Waals surface area contributed by atoms with Gasteiger partial charge in [-0.15, -0.1) is 0 Å². The Bertz CT molecular complexity index is 598. The summed E-state index contributed by atoms with van der Waals surface area (Å²) in [5, 5.41) is 3.68. The van der Waals surface area contributed by atoms with Gasteiger partial charge in [0.25, 0.3) is 0 Å². The van der Waals surface area contributed by atoms with Gasteiger partial charge in [-0.2, -0.15) is 0 Å². The number of hydrogen-bond donors (Lipinski definition) is 1. The maximum atomic E-state index is 4.39. The lowest BCUT2D eigenvalue weighted by Crippen LogP contribution is -2.32. The highest BCUT2D eigenvalue weighted by Crippen LogP contribution is 2.41. The third kappa shape index (κ3) is 2.38. The molecule has 1 aliphatic rings. The van der Waals surface area contributed by atoms with Crippen LogP contribution in [0.3, 0.4) is 0 Å². The Morgan fingerprint density at radius 2 is 2.15 bits per heavy atom. The van der Waals surface area contributed by atoms with Gasteiger partial charge in [-0.3, -0.25) is 0 Å². The Kier molecular flexibility index (Phi) is 3.38. The third-order valence-electron chi connectivity index (χ3n) is 4.55. The first kappa shape index (κ1) is 13.4. The molecule has 20 heavy (non-hydrogen) atoms. The van der Waals surface area contributed by atoms with Crippen LogP contribution in [0.4, 0.5) is 0 Å². The topological polar surface area (TPSA) is 29.9 Å². The fourth-order valence-electron chi connectivity index (χ4n) is 3.21. The number of fused-ring (bicyclic) bond motifs is 1. The second kappa shape index (κ2) is 5.06. The number of imidazole rings is 1. The van der Waals surface area contributed by atoms with E-state index in [1.54, 1.807) is 0 Å². The molecule has 2 aromatic rings. The summed E-state index contributed by atoms with van der Waals surface area (Å²) < 4.78 is 2.08. The Morgan fingerprint density at radius 1 is 1.35 bits per heavy atom. The third-order valence-corrected chi connectivity index (χ3v) is 4.55. The maximum absolute atomic E-state index is 4.39. The normalized spacial score (nSPS) is 20.6. The van der Waals surface area contributed by atoms with E-state index in [9.17, 15) is 0 Å². The molecule has 0 amide bonds. The van der Waals surface area contributed by atoms with Gasteiger partial charge < -0.3 is 9.88 Å². The predicted octanol–water partition coefficient (Wildman–Crippen LogP) is 3.32. The lowest BCUT2D eigenvalue weighted by molar-refractivity contribution is 0.354. The monoisotopic (exact) mass is 269 g/mol. The SMILES string of the molecule is Cn1ccnc1CNC1CCC(C)(C)c2ccccc21. The molecule has 0 fully saturated rings. The highest BCUT2D eigenvalue weighted by Gasteiger charge is 2.31. The number of nitrogens with zero attached hydrogens (tertiary/aromatic N) is 2. The Morgan fingerprint density at radius 3 is 2.90 bits per heavy atom. The van der Waals surface area contributed by atoms with Crippen LogP contribution in [-0.4, -0.2) is 9.55 Å². The average Bonchev–Trinajstić information content (AvgIpc) is 2.84. The number of hydrogen-bond acceptors (Lipinski definition) is 2. The molecule has 1 heterocycles. The molecule has 1 aromatic carbocycles. The molecule has 1 unspecified atom stereocenters. The smallest absolute Gasteiger partial charge is 0.122 e. The first-order valence-electron chi connectivity index (χ1n) is 7.37. The van der Waals surface area contributed by atoms with Gasteiger partial charge in [0.05, 0.1) is 6.54 Å². The number of benzene rings is 1. The first-order valence-corrected chi connectivity index (χ1v) is 7.37. The van der Waals surface area contributed by atoms with Crippen LogP contribution in [0, 0.1) is 0 Å². The first-order chi connectivity index (χ1) is 9.58. The van der Waals surface area contributed by atoms with E-state index in [0.717, 1.165) is 12.4 Å². The molecule has 0 saturated carbocycles. The van der Waals surface area contributed by atoms with E-state index in [1.165, 1.54) is 24.0 Å². The summed E-state index contributed by atoms with van der Waals surface area (Å²) in [5.41, 5.74) is 3.24. The standard InChI is InChI=1S/C17H23N3/c1-17(2)9-8-15(13-6-4-5-7-14(13)17)19-12-16-18-10-11-20(16)3/h4-7,10-11,15,19H,8-9,12H2,1-3H3. The minimum Gasteiger partial charge on any atom is -0.337 e. The summed E-state index contributed by atoms with van der Waals surface area (Å²) in [5.74, 6) is 1.09. The zero-order valence-corrected chi connectivity index (χ0v) is 12.6. The van der Waals surface area contributed by atoms with Gasteiger partial charge in [0.15, 0.2) is 0 Å². The number of aromatic nitrogens is 2. The Balaban J connectivity index is 1.80. The van der Waals surface area contributed by atoms with Gasteiger partial charge in [-0.05, 0) is 29.4 Å². The van der Waals surface area contributed by atoms with E-state index >= 15 is 0 Å². The van der Waals surface area contributed by atoms with Crippen molar-refractivity contribution in [1.82, 2.24) is 14.9 Å². The van der Waals surface area contributed by atoms with Crippen molar-refractivity contribution < 1.29 is 0 Å². The van der Waals surface area contributed by atoms with Gasteiger partial charge in [0.2, 0.25) is 0 Å². The van der Waals surface area contributed by atoms with Crippen LogP contribution in [0.25, 0.3) is 0 Å². The molecule has 1 aromatic heterocycles. The van der Waals surface area contributed by atoms with Crippen LogP contribution >= 0.6 is 0 Å². The zero-order valence-electron chi connectivity index (χ0n) is 12.6. The number of rotatable bonds is 3. The molecule has 0 spiro atoms. The summed E-state index contributed by atoms with van der Waals surface area (Å²) >= 11 is 0. The average molecular weight is 269 g/mol. The van der Waals surface area contributed by atoms with Crippen molar-refractivity contribution in [2.24, 2.45) is 7.05 Å². The lowest BCUT2D eigenvalue weighted by atomic mass is 9.71. The van der Waals surface area contributed by atoms with Crippen molar-refractivity contribution in [1.29, 1.82) is 0 Å². The largest absolute Gasteiger partial charge is 0.337 e. The summed E-state index contributed by atoms with van der Waals surface area (Å²) in [7, 11) is 2.04. The van der Waals surface area contributed by atoms with Crippen LogP contribution in [0.5, 0.6) is 0 Å².